The van der Waals surface area contributed by atoms with Gasteiger partial charge < -0.3 is 10.1 Å². The van der Waals surface area contributed by atoms with Gasteiger partial charge in [0.25, 0.3) is 0 Å². The van der Waals surface area contributed by atoms with Gasteiger partial charge in [-0.25, -0.2) is 0 Å². The average Bonchev–Trinajstić information content (AvgIpc) is 3.58. The molecule has 3 unspecified atom stereocenters. The van der Waals surface area contributed by atoms with Gasteiger partial charge in [0, 0.05) is 5.02 Å². The molecule has 0 spiro atoms. The number of anilines is 1. The van der Waals surface area contributed by atoms with Crippen LogP contribution in [0, 0.1) is 11.8 Å². The smallest absolute Gasteiger partial charge is 0.392 e. The van der Waals surface area contributed by atoms with Crippen molar-refractivity contribution in [1.82, 2.24) is 0 Å². The highest BCUT2D eigenvalue weighted by atomic mass is 35.5. The third kappa shape index (κ3) is 7.62. The molecule has 36 heavy (non-hydrogen) atoms. The zero-order valence-corrected chi connectivity index (χ0v) is 22.1. The Labute approximate surface area is 219 Å². The Hall–Kier alpha value is -2.25. The summed E-state index contributed by atoms with van der Waals surface area (Å²) in [4.78, 5) is 25.7. The van der Waals surface area contributed by atoms with Crippen LogP contribution in [0.15, 0.2) is 42.5 Å². The van der Waals surface area contributed by atoms with Gasteiger partial charge in [0.15, 0.2) is 0 Å². The predicted molar refractivity (Wildman–Crippen MR) is 135 cm³/mol. The molecule has 0 radical (unpaired) electrons. The first kappa shape index (κ1) is 28.3. The number of carbonyl (C=O) groups excluding carboxylic acids is 2. The summed E-state index contributed by atoms with van der Waals surface area (Å²) in [6.45, 7) is 6.37. The molecule has 1 aliphatic rings. The maximum absolute atomic E-state index is 13.7. The normalized spacial score (nSPS) is 16.7. The topological polar surface area (TPSA) is 55.4 Å². The summed E-state index contributed by atoms with van der Waals surface area (Å²) in [6, 6.07) is 10.7. The Morgan fingerprint density at radius 2 is 1.61 bits per heavy atom. The second-order valence-corrected chi connectivity index (χ2v) is 11.2. The van der Waals surface area contributed by atoms with Gasteiger partial charge in [-0.15, -0.1) is 0 Å². The van der Waals surface area contributed by atoms with Gasteiger partial charge in [0.05, 0.1) is 29.0 Å². The number of halogens is 5. The number of hydrogen-bond donors (Lipinski definition) is 1. The molecule has 2 aromatic carbocycles. The summed E-state index contributed by atoms with van der Waals surface area (Å²) in [6.07, 6.45) is -2.52. The lowest BCUT2D eigenvalue weighted by atomic mass is 9.85. The van der Waals surface area contributed by atoms with Gasteiger partial charge in [-0.05, 0) is 80.8 Å². The Morgan fingerprint density at radius 1 is 1.03 bits per heavy atom. The van der Waals surface area contributed by atoms with Crippen molar-refractivity contribution >= 4 is 40.8 Å². The van der Waals surface area contributed by atoms with E-state index in [0.29, 0.717) is 5.02 Å². The molecule has 0 bridgehead atoms. The molecule has 2 aromatic rings. The van der Waals surface area contributed by atoms with Crippen molar-refractivity contribution in [3.8, 4) is 0 Å². The summed E-state index contributed by atoms with van der Waals surface area (Å²) in [7, 11) is 0. The van der Waals surface area contributed by atoms with Crippen LogP contribution in [0.1, 0.15) is 69.9 Å². The number of hydrogen-bond acceptors (Lipinski definition) is 3. The third-order valence-electron chi connectivity index (χ3n) is 6.20. The van der Waals surface area contributed by atoms with Crippen molar-refractivity contribution in [3.63, 3.8) is 0 Å². The maximum Gasteiger partial charge on any atom is 0.392 e. The van der Waals surface area contributed by atoms with Crippen molar-refractivity contribution in [2.24, 2.45) is 11.8 Å². The minimum Gasteiger partial charge on any atom is -0.460 e. The summed E-state index contributed by atoms with van der Waals surface area (Å²) in [5.74, 6) is -4.49. The van der Waals surface area contributed by atoms with Crippen LogP contribution in [0.4, 0.5) is 18.9 Å². The molecule has 3 atom stereocenters. The lowest BCUT2D eigenvalue weighted by Gasteiger charge is -2.26. The molecular weight excluding hydrogens is 514 g/mol. The maximum atomic E-state index is 13.7. The number of amides is 1. The van der Waals surface area contributed by atoms with E-state index in [2.05, 4.69) is 5.32 Å². The molecule has 4 nitrogen and oxygen atoms in total. The Bertz CT molecular complexity index is 1090. The molecule has 0 aromatic heterocycles. The molecule has 1 saturated carbocycles. The number of esters is 1. The fraction of sp³-hybridized carbons (Fsp3) is 0.481. The van der Waals surface area contributed by atoms with E-state index in [4.69, 9.17) is 27.9 Å². The molecular formula is C27H30Cl2F3NO3. The minimum atomic E-state index is -4.60. The van der Waals surface area contributed by atoms with Crippen molar-refractivity contribution in [1.29, 1.82) is 0 Å². The van der Waals surface area contributed by atoms with Gasteiger partial charge in [0.2, 0.25) is 5.91 Å². The van der Waals surface area contributed by atoms with Gasteiger partial charge in [-0.1, -0.05) is 48.3 Å². The van der Waals surface area contributed by atoms with Crippen LogP contribution in [-0.4, -0.2) is 23.7 Å². The highest BCUT2D eigenvalue weighted by molar-refractivity contribution is 6.33. The lowest BCUT2D eigenvalue weighted by Crippen LogP contribution is -2.34. The second-order valence-electron chi connectivity index (χ2n) is 10.3. The van der Waals surface area contributed by atoms with Crippen LogP contribution in [0.5, 0.6) is 0 Å². The summed E-state index contributed by atoms with van der Waals surface area (Å²) >= 11 is 12.2. The van der Waals surface area contributed by atoms with Gasteiger partial charge in [0.1, 0.15) is 5.60 Å². The van der Waals surface area contributed by atoms with E-state index >= 15 is 0 Å². The van der Waals surface area contributed by atoms with Crippen molar-refractivity contribution in [2.45, 2.75) is 70.6 Å². The zero-order valence-electron chi connectivity index (χ0n) is 20.6. The zero-order chi connectivity index (χ0) is 26.8. The van der Waals surface area contributed by atoms with Crippen LogP contribution >= 0.6 is 23.2 Å². The van der Waals surface area contributed by atoms with Crippen molar-refractivity contribution in [3.05, 3.63) is 63.6 Å². The standard InChI is InChI=1S/C27H30Cl2F3NO3/c1-15(27(30,31)32)24(17-7-10-19(28)11-8-17)25(35)33-22-13-18(9-12-21(22)29)20(16-5-6-16)14-23(34)36-26(2,3)4/h7-13,15-16,20,24H,5-6,14H2,1-4H3,(H,33,35). The third-order valence-corrected chi connectivity index (χ3v) is 6.78. The highest BCUT2D eigenvalue weighted by Crippen LogP contribution is 2.46. The number of rotatable bonds is 8. The molecule has 1 fully saturated rings. The fourth-order valence-corrected chi connectivity index (χ4v) is 4.51. The van der Waals surface area contributed by atoms with E-state index in [1.54, 1.807) is 39.0 Å². The van der Waals surface area contributed by atoms with Crippen LogP contribution in [0.3, 0.4) is 0 Å². The number of nitrogens with one attached hydrogen (secondary N) is 1. The highest BCUT2D eigenvalue weighted by Gasteiger charge is 2.45. The number of ether oxygens (including phenoxy) is 1. The number of carbonyl (C=O) groups is 2. The first-order valence-electron chi connectivity index (χ1n) is 11.8. The molecule has 0 aliphatic heterocycles. The average molecular weight is 544 g/mol. The molecule has 3 rings (SSSR count). The minimum absolute atomic E-state index is 0.145. The van der Waals surface area contributed by atoms with E-state index < -0.39 is 29.5 Å². The first-order valence-corrected chi connectivity index (χ1v) is 12.6. The second kappa shape index (κ2) is 11.0. The Balaban J connectivity index is 1.88. The van der Waals surface area contributed by atoms with Crippen LogP contribution in [-0.2, 0) is 14.3 Å². The molecule has 9 heteroatoms. The van der Waals surface area contributed by atoms with E-state index in [1.165, 1.54) is 24.3 Å². The fourth-order valence-electron chi connectivity index (χ4n) is 4.22. The molecule has 196 valence electrons. The largest absolute Gasteiger partial charge is 0.460 e. The van der Waals surface area contributed by atoms with Gasteiger partial charge in [-0.3, -0.25) is 9.59 Å². The molecule has 0 saturated heterocycles. The first-order chi connectivity index (χ1) is 16.7. The SMILES string of the molecule is CC(C(C(=O)Nc1cc(C(CC(=O)OC(C)(C)C)C2CC2)ccc1Cl)c1ccc(Cl)cc1)C(F)(F)F. The van der Waals surface area contributed by atoms with E-state index in [-0.39, 0.29) is 40.5 Å². The molecule has 1 N–H and O–H groups in total. The summed E-state index contributed by atoms with van der Waals surface area (Å²) in [5.41, 5.74) is 0.544. The van der Waals surface area contributed by atoms with Gasteiger partial charge in [-0.2, -0.15) is 13.2 Å². The van der Waals surface area contributed by atoms with E-state index in [1.807, 2.05) is 0 Å². The van der Waals surface area contributed by atoms with Crippen molar-refractivity contribution < 1.29 is 27.5 Å². The van der Waals surface area contributed by atoms with Crippen LogP contribution in [0.25, 0.3) is 0 Å². The van der Waals surface area contributed by atoms with Crippen LogP contribution < -0.4 is 5.32 Å². The summed E-state index contributed by atoms with van der Waals surface area (Å²) < 4.78 is 46.5. The van der Waals surface area contributed by atoms with E-state index in [0.717, 1.165) is 25.3 Å². The van der Waals surface area contributed by atoms with Crippen LogP contribution in [0.2, 0.25) is 10.0 Å². The predicted octanol–water partition coefficient (Wildman–Crippen LogP) is 8.14. The quantitative estimate of drug-likeness (QED) is 0.342. The van der Waals surface area contributed by atoms with E-state index in [9.17, 15) is 22.8 Å². The van der Waals surface area contributed by atoms with Gasteiger partial charge >= 0.3 is 12.1 Å². The monoisotopic (exact) mass is 543 g/mol. The number of benzene rings is 2. The van der Waals surface area contributed by atoms with Crippen molar-refractivity contribution in [2.75, 3.05) is 5.32 Å². The molecule has 1 amide bonds. The Kier molecular flexibility index (Phi) is 8.67. The summed E-state index contributed by atoms with van der Waals surface area (Å²) in [5, 5.41) is 3.14. The lowest BCUT2D eigenvalue weighted by molar-refractivity contribution is -0.178. The Morgan fingerprint density at radius 3 is 2.14 bits per heavy atom. The number of alkyl halides is 3. The molecule has 0 heterocycles. The molecule has 1 aliphatic carbocycles.